The van der Waals surface area contributed by atoms with Crippen molar-refractivity contribution in [2.24, 2.45) is 13.0 Å². The monoisotopic (exact) mass is 577 g/mol. The first-order valence-electron chi connectivity index (χ1n) is 14.7. The van der Waals surface area contributed by atoms with Gasteiger partial charge in [-0.15, -0.1) is 0 Å². The van der Waals surface area contributed by atoms with Crippen molar-refractivity contribution in [1.29, 1.82) is 0 Å². The zero-order valence-electron chi connectivity index (χ0n) is 27.1. The fraction of sp³-hybridized carbons (Fsp3) is 0.282. The fourth-order valence-corrected chi connectivity index (χ4v) is 5.71. The molecule has 0 aliphatic heterocycles. The second kappa shape index (κ2) is 15.0. The minimum atomic E-state index is -0.793. The molecule has 4 aromatic rings. The van der Waals surface area contributed by atoms with Crippen molar-refractivity contribution in [2.75, 3.05) is 18.8 Å². The summed E-state index contributed by atoms with van der Waals surface area (Å²) >= 11 is 0. The van der Waals surface area contributed by atoms with Crippen LogP contribution in [0.4, 0.5) is 0 Å². The Balaban J connectivity index is 0.000000307. The molecule has 0 aliphatic carbocycles. The van der Waals surface area contributed by atoms with Crippen molar-refractivity contribution in [3.05, 3.63) is 133 Å². The summed E-state index contributed by atoms with van der Waals surface area (Å²) in [5, 5.41) is 0. The van der Waals surface area contributed by atoms with Crippen LogP contribution >= 0.6 is 10.0 Å². The maximum atomic E-state index is 4.31. The Bertz CT molecular complexity index is 1540. The average Bonchev–Trinajstić information content (AvgIpc) is 2.98. The Kier molecular flexibility index (Phi) is 11.7. The molecule has 0 N–H and O–H groups in total. The third-order valence-electron chi connectivity index (χ3n) is 7.76. The zero-order chi connectivity index (χ0) is 30.9. The molecule has 3 heteroatoms. The van der Waals surface area contributed by atoms with E-state index in [2.05, 4.69) is 137 Å². The molecule has 1 unspecified atom stereocenters. The van der Waals surface area contributed by atoms with Crippen LogP contribution in [0.15, 0.2) is 121 Å². The number of hydrogen-bond acceptors (Lipinski definition) is 1. The van der Waals surface area contributed by atoms with Gasteiger partial charge in [-0.1, -0.05) is 94.1 Å². The molecule has 2 aromatic carbocycles. The molecule has 2 nitrogen and oxygen atoms in total. The predicted octanol–water partition coefficient (Wildman–Crippen LogP) is 10.2. The molecule has 2 aromatic heterocycles. The van der Waals surface area contributed by atoms with Crippen molar-refractivity contribution >= 4 is 15.6 Å². The topological polar surface area (TPSA) is 16.8 Å². The first kappa shape index (κ1) is 32.8. The quantitative estimate of drug-likeness (QED) is 0.150. The van der Waals surface area contributed by atoms with Crippen LogP contribution in [-0.4, -0.2) is 23.8 Å². The van der Waals surface area contributed by atoms with E-state index in [0.717, 1.165) is 11.3 Å². The van der Waals surface area contributed by atoms with E-state index in [-0.39, 0.29) is 0 Å². The van der Waals surface area contributed by atoms with Crippen molar-refractivity contribution in [3.63, 3.8) is 0 Å². The lowest BCUT2D eigenvalue weighted by molar-refractivity contribution is -0.660. The number of pyridine rings is 2. The summed E-state index contributed by atoms with van der Waals surface area (Å²) in [6.07, 6.45) is 19.3. The first-order chi connectivity index (χ1) is 20.0. The Labute approximate surface area is 256 Å². The smallest absolute Gasteiger partial charge is 0.213 e. The van der Waals surface area contributed by atoms with Gasteiger partial charge in [0.25, 0.3) is 0 Å². The number of nitrogens with zero attached hydrogens (tertiary/aromatic N) is 2. The van der Waals surface area contributed by atoms with Crippen molar-refractivity contribution in [2.45, 2.75) is 45.4 Å². The molecule has 0 fully saturated rings. The van der Waals surface area contributed by atoms with Gasteiger partial charge in [-0.2, -0.15) is 0 Å². The highest BCUT2D eigenvalue weighted by Crippen LogP contribution is 2.46. The minimum Gasteiger partial charge on any atom is -0.256 e. The fourth-order valence-electron chi connectivity index (χ4n) is 4.78. The molecule has 220 valence electrons. The second-order valence-corrected chi connectivity index (χ2v) is 16.1. The molecule has 4 rings (SSSR count). The largest absolute Gasteiger partial charge is 0.256 e. The SMILES string of the molecule is C=C/C(=C\C=C/C)c1ccc(C(C)C(C)C)c(-c2cc(S(C)(C)C)cc[n+]2C)c1.Cc1ccccc1-c1ccccn1. The highest BCUT2D eigenvalue weighted by atomic mass is 32.3. The molecule has 0 aliphatic rings. The van der Waals surface area contributed by atoms with Gasteiger partial charge in [0.2, 0.25) is 5.69 Å². The molecule has 0 spiro atoms. The maximum Gasteiger partial charge on any atom is 0.213 e. The third-order valence-corrected chi connectivity index (χ3v) is 9.42. The van der Waals surface area contributed by atoms with E-state index < -0.39 is 10.0 Å². The molecule has 0 bridgehead atoms. The van der Waals surface area contributed by atoms with E-state index in [9.17, 15) is 0 Å². The van der Waals surface area contributed by atoms with Gasteiger partial charge in [0, 0.05) is 28.8 Å². The van der Waals surface area contributed by atoms with Gasteiger partial charge in [0.1, 0.15) is 7.05 Å². The summed E-state index contributed by atoms with van der Waals surface area (Å²) in [5.74, 6) is 1.06. The van der Waals surface area contributed by atoms with Gasteiger partial charge in [0.05, 0.1) is 11.3 Å². The molecular formula is C39H49N2S+. The lowest BCUT2D eigenvalue weighted by Gasteiger charge is -2.26. The molecule has 0 saturated heterocycles. The lowest BCUT2D eigenvalue weighted by Crippen LogP contribution is -2.31. The summed E-state index contributed by atoms with van der Waals surface area (Å²) < 4.78 is 2.26. The van der Waals surface area contributed by atoms with Gasteiger partial charge in [-0.05, 0) is 84.9 Å². The van der Waals surface area contributed by atoms with Gasteiger partial charge >= 0.3 is 0 Å². The van der Waals surface area contributed by atoms with Crippen molar-refractivity contribution in [3.8, 4) is 22.5 Å². The van der Waals surface area contributed by atoms with Gasteiger partial charge in [0.15, 0.2) is 6.20 Å². The number of hydrogen-bond donors (Lipinski definition) is 0. The number of aryl methyl sites for hydroxylation is 2. The summed E-state index contributed by atoms with van der Waals surface area (Å²) in [6, 6.07) is 25.8. The maximum absolute atomic E-state index is 4.31. The lowest BCUT2D eigenvalue weighted by atomic mass is 9.84. The summed E-state index contributed by atoms with van der Waals surface area (Å²) in [7, 11) is 1.36. The van der Waals surface area contributed by atoms with Gasteiger partial charge < -0.3 is 0 Å². The van der Waals surface area contributed by atoms with E-state index in [4.69, 9.17) is 0 Å². The number of aromatic nitrogens is 2. The summed E-state index contributed by atoms with van der Waals surface area (Å²) in [5.41, 5.74) is 9.89. The van der Waals surface area contributed by atoms with Gasteiger partial charge in [-0.3, -0.25) is 4.98 Å². The minimum absolute atomic E-state index is 0.483. The highest BCUT2D eigenvalue weighted by Gasteiger charge is 2.23. The second-order valence-electron chi connectivity index (χ2n) is 11.9. The van der Waals surface area contributed by atoms with Crippen LogP contribution in [0, 0.1) is 12.8 Å². The van der Waals surface area contributed by atoms with E-state index >= 15 is 0 Å². The van der Waals surface area contributed by atoms with Crippen LogP contribution in [0.3, 0.4) is 0 Å². The standard InChI is InChI=1S/C27H38NS.C12H11N/c1-10-12-13-22(11-2)23-14-15-25(21(5)20(3)4)26(18-23)27-19-24(29(7,8)9)16-17-28(27)6;1-10-6-2-3-7-11(10)12-8-4-5-9-13-12/h10-21H,2H2,1,3-9H3;2-9H,1H3/q+1;/b12-10-,22-13+;. The van der Waals surface area contributed by atoms with Crippen molar-refractivity contribution < 1.29 is 4.57 Å². The van der Waals surface area contributed by atoms with E-state index in [1.54, 1.807) is 0 Å². The van der Waals surface area contributed by atoms with E-state index in [0.29, 0.717) is 11.8 Å². The Morgan fingerprint density at radius 2 is 1.62 bits per heavy atom. The normalized spacial score (nSPS) is 13.0. The van der Waals surface area contributed by atoms with Crippen LogP contribution in [0.25, 0.3) is 28.1 Å². The van der Waals surface area contributed by atoms with Gasteiger partial charge in [-0.25, -0.2) is 14.6 Å². The average molecular weight is 578 g/mol. The molecule has 0 amide bonds. The van der Waals surface area contributed by atoms with Crippen LogP contribution in [0.5, 0.6) is 0 Å². The van der Waals surface area contributed by atoms with E-state index in [1.807, 2.05) is 49.5 Å². The Morgan fingerprint density at radius 1 is 0.905 bits per heavy atom. The highest BCUT2D eigenvalue weighted by molar-refractivity contribution is 8.32. The van der Waals surface area contributed by atoms with Crippen LogP contribution in [0.2, 0.25) is 0 Å². The molecule has 0 saturated carbocycles. The molecular weight excluding hydrogens is 529 g/mol. The van der Waals surface area contributed by atoms with Crippen molar-refractivity contribution in [1.82, 2.24) is 4.98 Å². The number of allylic oxidation sites excluding steroid dienone is 5. The molecule has 2 heterocycles. The number of benzene rings is 2. The van der Waals surface area contributed by atoms with Crippen LogP contribution in [0.1, 0.15) is 50.3 Å². The summed E-state index contributed by atoms with van der Waals surface area (Å²) in [6.45, 7) is 15.1. The summed E-state index contributed by atoms with van der Waals surface area (Å²) in [4.78, 5) is 5.75. The molecule has 0 radical (unpaired) electrons. The van der Waals surface area contributed by atoms with E-state index in [1.165, 1.54) is 38.4 Å². The zero-order valence-corrected chi connectivity index (χ0v) is 27.9. The number of rotatable bonds is 8. The Morgan fingerprint density at radius 3 is 2.21 bits per heavy atom. The van der Waals surface area contributed by atoms with Crippen LogP contribution in [-0.2, 0) is 7.05 Å². The predicted molar refractivity (Wildman–Crippen MR) is 187 cm³/mol. The third kappa shape index (κ3) is 8.42. The molecule has 42 heavy (non-hydrogen) atoms. The first-order valence-corrected chi connectivity index (χ1v) is 17.6. The van der Waals surface area contributed by atoms with Crippen LogP contribution < -0.4 is 4.57 Å². The molecule has 1 atom stereocenters. The Hall–Kier alpha value is -3.69.